The van der Waals surface area contributed by atoms with Gasteiger partial charge >= 0.3 is 5.69 Å². The first-order valence-corrected chi connectivity index (χ1v) is 6.06. The van der Waals surface area contributed by atoms with Crippen LogP contribution in [0.4, 0.5) is 0 Å². The van der Waals surface area contributed by atoms with Gasteiger partial charge in [0.25, 0.3) is 5.56 Å². The summed E-state index contributed by atoms with van der Waals surface area (Å²) in [5.74, 6) is 0. The average Bonchev–Trinajstić information content (AvgIpc) is 2.65. The molecule has 0 spiro atoms. The van der Waals surface area contributed by atoms with Crippen molar-refractivity contribution in [2.45, 2.75) is 24.9 Å². The normalized spacial score (nSPS) is 28.5. The summed E-state index contributed by atoms with van der Waals surface area (Å²) in [5.41, 5.74) is -1.05. The Kier molecular flexibility index (Phi) is 3.66. The van der Waals surface area contributed by atoms with Crippen LogP contribution in [0.1, 0.15) is 12.6 Å². The Morgan fingerprint density at radius 3 is 2.88 bits per heavy atom. The van der Waals surface area contributed by atoms with Crippen LogP contribution in [0.5, 0.6) is 0 Å². The third-order valence-corrected chi connectivity index (χ3v) is 3.39. The van der Waals surface area contributed by atoms with Crippen molar-refractivity contribution in [2.24, 2.45) is 0 Å². The van der Waals surface area contributed by atoms with Crippen molar-refractivity contribution in [3.8, 4) is 0 Å². The number of nitrogens with one attached hydrogen (secondary N) is 1. The smallest absolute Gasteiger partial charge is 0.330 e. The number of ether oxygens (including phenoxy) is 1. The van der Waals surface area contributed by atoms with E-state index < -0.39 is 29.7 Å². The van der Waals surface area contributed by atoms with Gasteiger partial charge in [0, 0.05) is 12.6 Å². The highest BCUT2D eigenvalue weighted by Gasteiger charge is 2.34. The van der Waals surface area contributed by atoms with Gasteiger partial charge in [0.05, 0.1) is 16.3 Å². The molecule has 1 aliphatic rings. The number of nitrogens with zero attached hydrogens (tertiary/aromatic N) is 1. The van der Waals surface area contributed by atoms with Gasteiger partial charge in [-0.3, -0.25) is 14.3 Å². The van der Waals surface area contributed by atoms with Crippen molar-refractivity contribution >= 4 is 22.6 Å². The molecule has 0 radical (unpaired) electrons. The molecule has 1 aromatic heterocycles. The second kappa shape index (κ2) is 4.88. The Hall–Kier alpha value is -0.710. The van der Waals surface area contributed by atoms with Crippen LogP contribution in [0, 0.1) is 3.57 Å². The zero-order valence-electron chi connectivity index (χ0n) is 8.67. The molecule has 17 heavy (non-hydrogen) atoms. The fraction of sp³-hybridized carbons (Fsp3) is 0.556. The Bertz CT molecular complexity index is 525. The van der Waals surface area contributed by atoms with Crippen molar-refractivity contribution in [1.82, 2.24) is 9.55 Å². The summed E-state index contributed by atoms with van der Waals surface area (Å²) in [4.78, 5) is 24.9. The minimum atomic E-state index is -0.818. The molecule has 3 N–H and O–H groups in total. The van der Waals surface area contributed by atoms with Gasteiger partial charge < -0.3 is 14.9 Å². The first-order valence-electron chi connectivity index (χ1n) is 4.98. The predicted octanol–water partition coefficient (Wildman–Crippen LogP) is -1.22. The lowest BCUT2D eigenvalue weighted by atomic mass is 10.2. The van der Waals surface area contributed by atoms with E-state index in [4.69, 9.17) is 9.84 Å². The highest BCUT2D eigenvalue weighted by Crippen LogP contribution is 2.27. The molecule has 0 aliphatic carbocycles. The topological polar surface area (TPSA) is 105 Å². The van der Waals surface area contributed by atoms with Gasteiger partial charge in [0.15, 0.2) is 0 Å². The molecular weight excluding hydrogens is 343 g/mol. The highest BCUT2D eigenvalue weighted by molar-refractivity contribution is 14.1. The molecule has 94 valence electrons. The van der Waals surface area contributed by atoms with Crippen molar-refractivity contribution in [3.05, 3.63) is 30.6 Å². The van der Waals surface area contributed by atoms with Gasteiger partial charge in [0.1, 0.15) is 12.3 Å². The molecule has 7 nitrogen and oxygen atoms in total. The summed E-state index contributed by atoms with van der Waals surface area (Å²) < 4.78 is 6.89. The molecule has 1 saturated heterocycles. The summed E-state index contributed by atoms with van der Waals surface area (Å²) in [6.07, 6.45) is -0.607. The lowest BCUT2D eigenvalue weighted by Crippen LogP contribution is -2.33. The number of hydrogen-bond donors (Lipinski definition) is 3. The van der Waals surface area contributed by atoms with Crippen LogP contribution in [-0.2, 0) is 4.74 Å². The van der Waals surface area contributed by atoms with Crippen LogP contribution in [0.2, 0.25) is 0 Å². The van der Waals surface area contributed by atoms with E-state index in [-0.39, 0.29) is 13.0 Å². The number of H-pyrrole nitrogens is 1. The number of aliphatic hydroxyl groups excluding tert-OH is 2. The fourth-order valence-electron chi connectivity index (χ4n) is 1.72. The molecule has 1 aliphatic heterocycles. The molecule has 0 bridgehead atoms. The molecule has 2 unspecified atom stereocenters. The molecular formula is C9H11IN2O5. The summed E-state index contributed by atoms with van der Waals surface area (Å²) in [5, 5.41) is 18.5. The van der Waals surface area contributed by atoms with Crippen molar-refractivity contribution in [1.29, 1.82) is 0 Å². The van der Waals surface area contributed by atoms with E-state index >= 15 is 0 Å². The van der Waals surface area contributed by atoms with Gasteiger partial charge in [-0.2, -0.15) is 0 Å². The van der Waals surface area contributed by atoms with E-state index in [1.807, 2.05) is 0 Å². The van der Waals surface area contributed by atoms with Gasteiger partial charge in [-0.1, -0.05) is 0 Å². The van der Waals surface area contributed by atoms with E-state index in [2.05, 4.69) is 4.98 Å². The van der Waals surface area contributed by atoms with Crippen LogP contribution in [-0.4, -0.2) is 38.6 Å². The minimum Gasteiger partial charge on any atom is -0.394 e. The van der Waals surface area contributed by atoms with Gasteiger partial charge in [0.2, 0.25) is 0 Å². The number of rotatable bonds is 2. The average molecular weight is 354 g/mol. The number of aromatic amines is 1. The summed E-state index contributed by atoms with van der Waals surface area (Å²) >= 11 is 1.80. The highest BCUT2D eigenvalue weighted by atomic mass is 127. The van der Waals surface area contributed by atoms with Crippen molar-refractivity contribution in [3.63, 3.8) is 0 Å². The molecule has 1 aromatic rings. The number of aliphatic hydroxyl groups is 2. The van der Waals surface area contributed by atoms with Crippen LogP contribution in [0.15, 0.2) is 15.8 Å². The first kappa shape index (κ1) is 12.7. The van der Waals surface area contributed by atoms with E-state index in [1.165, 1.54) is 10.8 Å². The SMILES string of the molecule is O=c1[nH]c(=O)n(C2CC(O)[C@@H](CO)O2)cc1I. The maximum atomic E-state index is 11.6. The van der Waals surface area contributed by atoms with Crippen molar-refractivity contribution in [2.75, 3.05) is 6.61 Å². The molecule has 8 heteroatoms. The minimum absolute atomic E-state index is 0.202. The largest absolute Gasteiger partial charge is 0.394 e. The summed E-state index contributed by atoms with van der Waals surface area (Å²) in [7, 11) is 0. The summed E-state index contributed by atoms with van der Waals surface area (Å²) in [6, 6.07) is 0. The van der Waals surface area contributed by atoms with Crippen LogP contribution in [0.25, 0.3) is 0 Å². The first-order chi connectivity index (χ1) is 8.02. The molecule has 1 fully saturated rings. The van der Waals surface area contributed by atoms with Crippen LogP contribution >= 0.6 is 22.6 Å². The Morgan fingerprint density at radius 2 is 2.29 bits per heavy atom. The van der Waals surface area contributed by atoms with E-state index in [1.54, 1.807) is 22.6 Å². The van der Waals surface area contributed by atoms with Gasteiger partial charge in [-0.15, -0.1) is 0 Å². The third kappa shape index (κ3) is 2.44. The van der Waals surface area contributed by atoms with Gasteiger partial charge in [-0.05, 0) is 22.6 Å². The number of aromatic nitrogens is 2. The van der Waals surface area contributed by atoms with Gasteiger partial charge in [-0.25, -0.2) is 4.79 Å². The Labute approximate surface area is 109 Å². The molecule has 3 atom stereocenters. The quantitative estimate of drug-likeness (QED) is 0.578. The molecule has 0 aromatic carbocycles. The van der Waals surface area contributed by atoms with E-state index in [9.17, 15) is 14.7 Å². The predicted molar refractivity (Wildman–Crippen MR) is 65.7 cm³/mol. The van der Waals surface area contributed by atoms with Crippen LogP contribution in [0.3, 0.4) is 0 Å². The Balaban J connectivity index is 2.34. The lowest BCUT2D eigenvalue weighted by molar-refractivity contribution is -0.0459. The van der Waals surface area contributed by atoms with E-state index in [0.29, 0.717) is 3.57 Å². The van der Waals surface area contributed by atoms with Crippen LogP contribution < -0.4 is 11.2 Å². The standard InChI is InChI=1S/C9H11IN2O5/c10-4-2-12(9(16)11-8(4)15)7-1-5(14)6(3-13)17-7/h2,5-7,13-14H,1,3H2,(H,11,15,16)/t5?,6-,7?/m1/s1. The fourth-order valence-corrected chi connectivity index (χ4v) is 2.16. The Morgan fingerprint density at radius 1 is 1.59 bits per heavy atom. The number of hydrogen-bond acceptors (Lipinski definition) is 5. The lowest BCUT2D eigenvalue weighted by Gasteiger charge is -2.14. The monoisotopic (exact) mass is 354 g/mol. The maximum absolute atomic E-state index is 11.6. The molecule has 0 saturated carbocycles. The number of halogens is 1. The van der Waals surface area contributed by atoms with E-state index in [0.717, 1.165) is 0 Å². The molecule has 0 amide bonds. The zero-order chi connectivity index (χ0) is 12.6. The maximum Gasteiger partial charge on any atom is 0.330 e. The third-order valence-electron chi connectivity index (χ3n) is 2.62. The second-order valence-electron chi connectivity index (χ2n) is 3.76. The molecule has 2 rings (SSSR count). The second-order valence-corrected chi connectivity index (χ2v) is 4.92. The summed E-state index contributed by atoms with van der Waals surface area (Å²) in [6.45, 7) is -0.313. The molecule has 2 heterocycles. The zero-order valence-corrected chi connectivity index (χ0v) is 10.8. The van der Waals surface area contributed by atoms with Crippen molar-refractivity contribution < 1.29 is 14.9 Å².